The fourth-order valence-electron chi connectivity index (χ4n) is 2.03. The first-order valence-corrected chi connectivity index (χ1v) is 6.07. The molecule has 2 N–H and O–H groups in total. The summed E-state index contributed by atoms with van der Waals surface area (Å²) in [7, 11) is 3.33. The molecule has 17 heavy (non-hydrogen) atoms. The Kier molecular flexibility index (Phi) is 5.44. The monoisotopic (exact) mass is 241 g/mol. The van der Waals surface area contributed by atoms with Crippen molar-refractivity contribution in [2.45, 2.75) is 45.4 Å². The molecule has 1 rings (SSSR count). The molecule has 0 saturated heterocycles. The molecule has 0 spiro atoms. The smallest absolute Gasteiger partial charge is 0.161 e. The first kappa shape index (κ1) is 14.0. The van der Waals surface area contributed by atoms with Gasteiger partial charge < -0.3 is 15.2 Å². The second kappa shape index (κ2) is 6.61. The van der Waals surface area contributed by atoms with E-state index >= 15 is 0 Å². The highest BCUT2D eigenvalue weighted by Crippen LogP contribution is 2.28. The minimum absolute atomic E-state index is 0.00380. The molecule has 2 unspecified atom stereocenters. The summed E-state index contributed by atoms with van der Waals surface area (Å²) < 4.78 is 12.6. The minimum Gasteiger partial charge on any atom is -0.493 e. The number of aromatic nitrogens is 2. The van der Waals surface area contributed by atoms with E-state index in [-0.39, 0.29) is 12.1 Å². The van der Waals surface area contributed by atoms with Crippen molar-refractivity contribution in [3.63, 3.8) is 0 Å². The number of aryl methyl sites for hydroxylation is 1. The number of ether oxygens (including phenoxy) is 2. The van der Waals surface area contributed by atoms with Gasteiger partial charge in [-0.2, -0.15) is 5.10 Å². The summed E-state index contributed by atoms with van der Waals surface area (Å²) in [5.74, 6) is 0.734. The van der Waals surface area contributed by atoms with E-state index in [0.717, 1.165) is 30.8 Å². The van der Waals surface area contributed by atoms with Gasteiger partial charge in [0.25, 0.3) is 0 Å². The first-order valence-electron chi connectivity index (χ1n) is 6.07. The lowest BCUT2D eigenvalue weighted by Gasteiger charge is -2.23. The average molecular weight is 241 g/mol. The molecule has 1 heterocycles. The second-order valence-corrected chi connectivity index (χ2v) is 4.00. The third kappa shape index (κ3) is 2.98. The highest BCUT2D eigenvalue weighted by molar-refractivity contribution is 5.29. The van der Waals surface area contributed by atoms with Crippen molar-refractivity contribution in [1.29, 1.82) is 0 Å². The maximum Gasteiger partial charge on any atom is 0.161 e. The molecule has 98 valence electrons. The van der Waals surface area contributed by atoms with Crippen molar-refractivity contribution in [2.75, 3.05) is 14.2 Å². The van der Waals surface area contributed by atoms with Crippen LogP contribution in [0.2, 0.25) is 0 Å². The van der Waals surface area contributed by atoms with Crippen molar-refractivity contribution in [3.05, 3.63) is 11.9 Å². The zero-order chi connectivity index (χ0) is 12.8. The summed E-state index contributed by atoms with van der Waals surface area (Å²) >= 11 is 0. The quantitative estimate of drug-likeness (QED) is 0.789. The fraction of sp³-hybridized carbons (Fsp3) is 0.750. The van der Waals surface area contributed by atoms with Gasteiger partial charge in [-0.3, -0.25) is 4.68 Å². The van der Waals surface area contributed by atoms with Crippen LogP contribution in [0.1, 0.15) is 38.4 Å². The van der Waals surface area contributed by atoms with Crippen molar-refractivity contribution in [3.8, 4) is 5.75 Å². The third-order valence-electron chi connectivity index (χ3n) is 2.96. The number of nitrogens with zero attached hydrogens (tertiary/aromatic N) is 2. The van der Waals surface area contributed by atoms with Crippen LogP contribution >= 0.6 is 0 Å². The maximum atomic E-state index is 6.27. The van der Waals surface area contributed by atoms with E-state index in [9.17, 15) is 0 Å². The van der Waals surface area contributed by atoms with E-state index in [1.54, 1.807) is 20.4 Å². The Labute approximate surface area is 103 Å². The summed E-state index contributed by atoms with van der Waals surface area (Å²) in [4.78, 5) is 0. The molecule has 0 fully saturated rings. The molecule has 0 aliphatic heterocycles. The lowest BCUT2D eigenvalue weighted by atomic mass is 10.0. The Hall–Kier alpha value is -1.07. The Morgan fingerprint density at radius 2 is 2.12 bits per heavy atom. The molecule has 1 aromatic rings. The maximum absolute atomic E-state index is 6.27. The zero-order valence-corrected chi connectivity index (χ0v) is 11.1. The molecular weight excluding hydrogens is 218 g/mol. The average Bonchev–Trinajstić information content (AvgIpc) is 2.77. The van der Waals surface area contributed by atoms with Gasteiger partial charge in [0.2, 0.25) is 0 Å². The Bertz CT molecular complexity index is 317. The summed E-state index contributed by atoms with van der Waals surface area (Å²) in [5, 5.41) is 4.26. The van der Waals surface area contributed by atoms with Crippen LogP contribution in [-0.4, -0.2) is 30.1 Å². The van der Waals surface area contributed by atoms with Crippen molar-refractivity contribution >= 4 is 0 Å². The SMILES string of the molecule is CCCC(OC)C(N)c1c(OC)cnn1CC. The Morgan fingerprint density at radius 1 is 1.41 bits per heavy atom. The highest BCUT2D eigenvalue weighted by atomic mass is 16.5. The molecule has 0 aromatic carbocycles. The molecular formula is C12H23N3O2. The molecule has 0 bridgehead atoms. The van der Waals surface area contributed by atoms with Crippen molar-refractivity contribution in [1.82, 2.24) is 9.78 Å². The Morgan fingerprint density at radius 3 is 2.59 bits per heavy atom. The Balaban J connectivity index is 2.99. The van der Waals surface area contributed by atoms with Crippen LogP contribution in [0, 0.1) is 0 Å². The summed E-state index contributed by atoms with van der Waals surface area (Å²) in [5.41, 5.74) is 7.18. The van der Waals surface area contributed by atoms with Gasteiger partial charge in [-0.05, 0) is 13.3 Å². The highest BCUT2D eigenvalue weighted by Gasteiger charge is 2.25. The topological polar surface area (TPSA) is 62.3 Å². The van der Waals surface area contributed by atoms with Gasteiger partial charge in [-0.25, -0.2) is 0 Å². The van der Waals surface area contributed by atoms with Gasteiger partial charge in [0, 0.05) is 13.7 Å². The predicted molar refractivity (Wildman–Crippen MR) is 67.1 cm³/mol. The standard InChI is InChI=1S/C12H23N3O2/c1-5-7-9(16-3)11(13)12-10(17-4)8-14-15(12)6-2/h8-9,11H,5-7,13H2,1-4H3. The largest absolute Gasteiger partial charge is 0.493 e. The normalized spacial score (nSPS) is 14.6. The van der Waals surface area contributed by atoms with E-state index in [0.29, 0.717) is 0 Å². The van der Waals surface area contributed by atoms with Crippen molar-refractivity contribution in [2.24, 2.45) is 5.73 Å². The van der Waals surface area contributed by atoms with Crippen LogP contribution in [0.5, 0.6) is 5.75 Å². The lowest BCUT2D eigenvalue weighted by Crippen LogP contribution is -2.30. The molecule has 0 aliphatic rings. The minimum atomic E-state index is -0.211. The lowest BCUT2D eigenvalue weighted by molar-refractivity contribution is 0.0693. The van der Waals surface area contributed by atoms with Gasteiger partial charge >= 0.3 is 0 Å². The fourth-order valence-corrected chi connectivity index (χ4v) is 2.03. The van der Waals surface area contributed by atoms with Gasteiger partial charge in [0.05, 0.1) is 31.1 Å². The summed E-state index contributed by atoms with van der Waals surface area (Å²) in [6, 6.07) is -0.211. The molecule has 1 aromatic heterocycles. The van der Waals surface area contributed by atoms with Crippen LogP contribution in [0.4, 0.5) is 0 Å². The van der Waals surface area contributed by atoms with Crippen LogP contribution in [-0.2, 0) is 11.3 Å². The van der Waals surface area contributed by atoms with Gasteiger partial charge in [0.1, 0.15) is 0 Å². The summed E-state index contributed by atoms with van der Waals surface area (Å²) in [6.07, 6.45) is 3.66. The van der Waals surface area contributed by atoms with Crippen LogP contribution in [0.15, 0.2) is 6.20 Å². The van der Waals surface area contributed by atoms with Crippen LogP contribution in [0.3, 0.4) is 0 Å². The molecule has 2 atom stereocenters. The molecule has 5 nitrogen and oxygen atoms in total. The number of methoxy groups -OCH3 is 2. The zero-order valence-electron chi connectivity index (χ0n) is 11.1. The molecule has 0 saturated carbocycles. The summed E-state index contributed by atoms with van der Waals surface area (Å²) in [6.45, 7) is 4.92. The third-order valence-corrected chi connectivity index (χ3v) is 2.96. The van der Waals surface area contributed by atoms with E-state index in [2.05, 4.69) is 12.0 Å². The van der Waals surface area contributed by atoms with Gasteiger partial charge in [-0.1, -0.05) is 13.3 Å². The number of hydrogen-bond acceptors (Lipinski definition) is 4. The second-order valence-electron chi connectivity index (χ2n) is 4.00. The van der Waals surface area contributed by atoms with Crippen molar-refractivity contribution < 1.29 is 9.47 Å². The van der Waals surface area contributed by atoms with E-state index in [1.165, 1.54) is 0 Å². The number of nitrogens with two attached hydrogens (primary N) is 1. The van der Waals surface area contributed by atoms with Crippen LogP contribution in [0.25, 0.3) is 0 Å². The molecule has 0 amide bonds. The van der Waals surface area contributed by atoms with E-state index in [1.807, 2.05) is 11.6 Å². The van der Waals surface area contributed by atoms with E-state index < -0.39 is 0 Å². The molecule has 0 radical (unpaired) electrons. The predicted octanol–water partition coefficient (Wildman–Crippen LogP) is 1.73. The number of rotatable bonds is 7. The molecule has 0 aliphatic carbocycles. The van der Waals surface area contributed by atoms with E-state index in [4.69, 9.17) is 15.2 Å². The number of hydrogen-bond donors (Lipinski definition) is 1. The van der Waals surface area contributed by atoms with Gasteiger partial charge in [-0.15, -0.1) is 0 Å². The van der Waals surface area contributed by atoms with Gasteiger partial charge in [0.15, 0.2) is 5.75 Å². The first-order chi connectivity index (χ1) is 8.19. The molecule has 5 heteroatoms. The van der Waals surface area contributed by atoms with Crippen LogP contribution < -0.4 is 10.5 Å².